The molecule has 0 spiro atoms. The van der Waals surface area contributed by atoms with E-state index in [-0.39, 0.29) is 5.41 Å². The van der Waals surface area contributed by atoms with Crippen molar-refractivity contribution in [2.45, 2.75) is 53.9 Å². The maximum absolute atomic E-state index is 9.83. The minimum atomic E-state index is -0.139. The Bertz CT molecular complexity index is 132. The molecule has 0 saturated carbocycles. The van der Waals surface area contributed by atoms with Crippen molar-refractivity contribution >= 4 is 6.29 Å². The molecule has 1 aliphatic rings. The lowest BCUT2D eigenvalue weighted by Gasteiger charge is -2.20. The van der Waals surface area contributed by atoms with E-state index >= 15 is 0 Å². The SMILES string of the molecule is CC.CC(C)(C)C=O.CN1CCCCC1. The van der Waals surface area contributed by atoms with Gasteiger partial charge in [0, 0.05) is 5.41 Å². The first-order chi connectivity index (χ1) is 6.95. The molecule has 1 rings (SSSR count). The standard InChI is InChI=1S/C6H13N.C5H10O.C2H6/c1-7-5-3-2-4-6-7;1-5(2,3)4-6;1-2/h2-6H2,1H3;4H,1-3H3;1-2H3. The molecule has 15 heavy (non-hydrogen) atoms. The molecule has 1 fully saturated rings. The van der Waals surface area contributed by atoms with E-state index in [2.05, 4.69) is 11.9 Å². The van der Waals surface area contributed by atoms with E-state index < -0.39 is 0 Å². The highest BCUT2D eigenvalue weighted by atomic mass is 16.1. The summed E-state index contributed by atoms with van der Waals surface area (Å²) in [6.45, 7) is 12.3. The molecule has 1 saturated heterocycles. The van der Waals surface area contributed by atoms with Gasteiger partial charge >= 0.3 is 0 Å². The van der Waals surface area contributed by atoms with E-state index in [1.807, 2.05) is 34.6 Å². The number of likely N-dealkylation sites (tertiary alicyclic amines) is 1. The van der Waals surface area contributed by atoms with E-state index in [0.717, 1.165) is 6.29 Å². The first kappa shape index (κ1) is 17.0. The number of piperidine rings is 1. The van der Waals surface area contributed by atoms with Gasteiger partial charge in [0.1, 0.15) is 6.29 Å². The lowest BCUT2D eigenvalue weighted by atomic mass is 10.0. The van der Waals surface area contributed by atoms with Gasteiger partial charge in [0.25, 0.3) is 0 Å². The second-order valence-electron chi connectivity index (χ2n) is 4.85. The molecule has 0 aromatic rings. The highest BCUT2D eigenvalue weighted by Crippen LogP contribution is 2.05. The highest BCUT2D eigenvalue weighted by molar-refractivity contribution is 5.56. The minimum absolute atomic E-state index is 0.139. The smallest absolute Gasteiger partial charge is 0.125 e. The highest BCUT2D eigenvalue weighted by Gasteiger charge is 2.04. The van der Waals surface area contributed by atoms with Crippen molar-refractivity contribution in [2.24, 2.45) is 5.41 Å². The van der Waals surface area contributed by atoms with Gasteiger partial charge in [-0.3, -0.25) is 0 Å². The van der Waals surface area contributed by atoms with Crippen LogP contribution in [-0.4, -0.2) is 31.3 Å². The van der Waals surface area contributed by atoms with Gasteiger partial charge in [-0.2, -0.15) is 0 Å². The first-order valence-corrected chi connectivity index (χ1v) is 6.10. The lowest BCUT2D eigenvalue weighted by Crippen LogP contribution is -2.24. The van der Waals surface area contributed by atoms with Crippen LogP contribution in [0.4, 0.5) is 0 Å². The molecule has 0 atom stereocenters. The van der Waals surface area contributed by atoms with Gasteiger partial charge in [0.2, 0.25) is 0 Å². The molecule has 0 aromatic heterocycles. The fourth-order valence-corrected chi connectivity index (χ4v) is 1.05. The molecule has 0 aliphatic carbocycles. The fraction of sp³-hybridized carbons (Fsp3) is 0.923. The third-order valence-corrected chi connectivity index (χ3v) is 1.93. The van der Waals surface area contributed by atoms with Crippen LogP contribution in [0.5, 0.6) is 0 Å². The first-order valence-electron chi connectivity index (χ1n) is 6.10. The molecule has 0 N–H and O–H groups in total. The van der Waals surface area contributed by atoms with E-state index in [9.17, 15) is 4.79 Å². The van der Waals surface area contributed by atoms with Crippen molar-refractivity contribution in [3.8, 4) is 0 Å². The molecule has 0 radical (unpaired) electrons. The van der Waals surface area contributed by atoms with Gasteiger partial charge in [0.05, 0.1) is 0 Å². The van der Waals surface area contributed by atoms with Crippen LogP contribution in [-0.2, 0) is 4.79 Å². The topological polar surface area (TPSA) is 20.3 Å². The van der Waals surface area contributed by atoms with Crippen LogP contribution >= 0.6 is 0 Å². The molecular formula is C13H29NO. The summed E-state index contributed by atoms with van der Waals surface area (Å²) in [6, 6.07) is 0. The van der Waals surface area contributed by atoms with Crippen LogP contribution < -0.4 is 0 Å². The Labute approximate surface area is 96.0 Å². The molecule has 0 aromatic carbocycles. The largest absolute Gasteiger partial charge is 0.306 e. The van der Waals surface area contributed by atoms with Crippen molar-refractivity contribution in [2.75, 3.05) is 20.1 Å². The number of aldehydes is 1. The minimum Gasteiger partial charge on any atom is -0.306 e. The normalized spacial score (nSPS) is 16.7. The Morgan fingerprint density at radius 2 is 1.33 bits per heavy atom. The monoisotopic (exact) mass is 215 g/mol. The number of carbonyl (C=O) groups excluding carboxylic acids is 1. The summed E-state index contributed by atoms with van der Waals surface area (Å²) in [6.07, 6.45) is 5.21. The van der Waals surface area contributed by atoms with Crippen LogP contribution in [0, 0.1) is 5.41 Å². The Balaban J connectivity index is 0. The third-order valence-electron chi connectivity index (χ3n) is 1.93. The molecule has 1 aliphatic heterocycles. The quantitative estimate of drug-likeness (QED) is 0.578. The van der Waals surface area contributed by atoms with E-state index in [1.165, 1.54) is 32.4 Å². The van der Waals surface area contributed by atoms with Crippen LogP contribution in [0.1, 0.15) is 53.9 Å². The van der Waals surface area contributed by atoms with Gasteiger partial charge in [-0.1, -0.05) is 41.0 Å². The number of rotatable bonds is 0. The lowest BCUT2D eigenvalue weighted by molar-refractivity contribution is -0.113. The molecule has 2 heteroatoms. The predicted molar refractivity (Wildman–Crippen MR) is 68.2 cm³/mol. The summed E-state index contributed by atoms with van der Waals surface area (Å²) in [5.74, 6) is 0. The number of hydrogen-bond donors (Lipinski definition) is 0. The third kappa shape index (κ3) is 16.3. The molecule has 92 valence electrons. The molecule has 0 unspecified atom stereocenters. The van der Waals surface area contributed by atoms with Crippen LogP contribution in [0.15, 0.2) is 0 Å². The van der Waals surface area contributed by atoms with Gasteiger partial charge in [0.15, 0.2) is 0 Å². The second-order valence-corrected chi connectivity index (χ2v) is 4.85. The van der Waals surface area contributed by atoms with Crippen molar-refractivity contribution in [1.82, 2.24) is 4.90 Å². The summed E-state index contributed by atoms with van der Waals surface area (Å²) in [5, 5.41) is 0. The summed E-state index contributed by atoms with van der Waals surface area (Å²) < 4.78 is 0. The summed E-state index contributed by atoms with van der Waals surface area (Å²) in [4.78, 5) is 12.2. The Morgan fingerprint density at radius 3 is 1.47 bits per heavy atom. The maximum atomic E-state index is 9.83. The van der Waals surface area contributed by atoms with Gasteiger partial charge < -0.3 is 9.69 Å². The average molecular weight is 215 g/mol. The second kappa shape index (κ2) is 10.2. The van der Waals surface area contributed by atoms with Crippen LogP contribution in [0.2, 0.25) is 0 Å². The van der Waals surface area contributed by atoms with Crippen molar-refractivity contribution in [3.63, 3.8) is 0 Å². The average Bonchev–Trinajstić information content (AvgIpc) is 2.22. The zero-order chi connectivity index (χ0) is 12.3. The zero-order valence-electron chi connectivity index (χ0n) is 11.5. The zero-order valence-corrected chi connectivity index (χ0v) is 11.5. The van der Waals surface area contributed by atoms with Crippen molar-refractivity contribution in [1.29, 1.82) is 0 Å². The van der Waals surface area contributed by atoms with Gasteiger partial charge in [-0.25, -0.2) is 0 Å². The molecule has 0 amide bonds. The van der Waals surface area contributed by atoms with E-state index in [1.54, 1.807) is 0 Å². The molecule has 0 bridgehead atoms. The molecular weight excluding hydrogens is 186 g/mol. The van der Waals surface area contributed by atoms with Crippen molar-refractivity contribution < 1.29 is 4.79 Å². The van der Waals surface area contributed by atoms with E-state index in [4.69, 9.17) is 0 Å². The predicted octanol–water partition coefficient (Wildman–Crippen LogP) is 3.36. The fourth-order valence-electron chi connectivity index (χ4n) is 1.05. The summed E-state index contributed by atoms with van der Waals surface area (Å²) in [5.41, 5.74) is -0.139. The van der Waals surface area contributed by atoms with Crippen LogP contribution in [0.25, 0.3) is 0 Å². The van der Waals surface area contributed by atoms with E-state index in [0.29, 0.717) is 0 Å². The van der Waals surface area contributed by atoms with Gasteiger partial charge in [-0.05, 0) is 33.0 Å². The number of nitrogens with zero attached hydrogens (tertiary/aromatic N) is 1. The number of hydrogen-bond acceptors (Lipinski definition) is 2. The van der Waals surface area contributed by atoms with Crippen molar-refractivity contribution in [3.05, 3.63) is 0 Å². The summed E-state index contributed by atoms with van der Waals surface area (Å²) in [7, 11) is 2.19. The Morgan fingerprint density at radius 1 is 1.00 bits per heavy atom. The maximum Gasteiger partial charge on any atom is 0.125 e. The Kier molecular flexibility index (Phi) is 11.5. The molecule has 2 nitrogen and oxygen atoms in total. The molecule has 1 heterocycles. The van der Waals surface area contributed by atoms with Crippen LogP contribution in [0.3, 0.4) is 0 Å². The van der Waals surface area contributed by atoms with Gasteiger partial charge in [-0.15, -0.1) is 0 Å². The number of carbonyl (C=O) groups is 1. The Hall–Kier alpha value is -0.370. The summed E-state index contributed by atoms with van der Waals surface area (Å²) >= 11 is 0.